The van der Waals surface area contributed by atoms with Crippen LogP contribution >= 0.6 is 23.7 Å². The molecular formula is C20H25ClN4O2S. The minimum atomic E-state index is -0.274. The maximum atomic E-state index is 13.0. The van der Waals surface area contributed by atoms with Gasteiger partial charge in [0.1, 0.15) is 0 Å². The second-order valence-electron chi connectivity index (χ2n) is 7.48. The first-order valence-corrected chi connectivity index (χ1v) is 10.3. The maximum Gasteiger partial charge on any atom is 0.233 e. The third-order valence-electron chi connectivity index (χ3n) is 5.72. The predicted octanol–water partition coefficient (Wildman–Crippen LogP) is 3.91. The number of carbonyl (C=O) groups is 2. The molecule has 8 heteroatoms. The average Bonchev–Trinajstić information content (AvgIpc) is 3.29. The molecule has 0 bridgehead atoms. The first-order valence-electron chi connectivity index (χ1n) is 9.42. The monoisotopic (exact) mass is 420 g/mol. The van der Waals surface area contributed by atoms with Crippen molar-refractivity contribution in [3.63, 3.8) is 0 Å². The van der Waals surface area contributed by atoms with Gasteiger partial charge in [-0.15, -0.1) is 23.7 Å². The molecule has 28 heavy (non-hydrogen) atoms. The van der Waals surface area contributed by atoms with Gasteiger partial charge in [0.25, 0.3) is 0 Å². The van der Waals surface area contributed by atoms with Crippen LogP contribution in [0.1, 0.15) is 32.6 Å². The Morgan fingerprint density at radius 2 is 2.00 bits per heavy atom. The third-order valence-corrected chi connectivity index (χ3v) is 6.47. The van der Waals surface area contributed by atoms with E-state index >= 15 is 0 Å². The molecule has 2 amide bonds. The number of anilines is 2. The zero-order chi connectivity index (χ0) is 18.9. The van der Waals surface area contributed by atoms with Crippen molar-refractivity contribution in [1.29, 1.82) is 0 Å². The number of nitrogens with one attached hydrogen (secondary N) is 3. The minimum Gasteiger partial charge on any atom is -0.326 e. The molecule has 2 aromatic rings. The molecule has 1 aliphatic carbocycles. The van der Waals surface area contributed by atoms with Crippen LogP contribution in [0.25, 0.3) is 11.3 Å². The number of thiazole rings is 1. The van der Waals surface area contributed by atoms with E-state index in [1.54, 1.807) is 0 Å². The molecule has 0 spiro atoms. The summed E-state index contributed by atoms with van der Waals surface area (Å²) in [5.74, 6) is 0.453. The molecule has 3 N–H and O–H groups in total. The van der Waals surface area contributed by atoms with Gasteiger partial charge in [0, 0.05) is 30.1 Å². The van der Waals surface area contributed by atoms with Crippen LogP contribution in [-0.2, 0) is 9.59 Å². The molecular weight excluding hydrogens is 396 g/mol. The van der Waals surface area contributed by atoms with Gasteiger partial charge in [-0.3, -0.25) is 9.59 Å². The molecule has 2 heterocycles. The molecule has 150 valence electrons. The zero-order valence-electron chi connectivity index (χ0n) is 15.8. The highest BCUT2D eigenvalue weighted by Gasteiger charge is 2.49. The summed E-state index contributed by atoms with van der Waals surface area (Å²) in [7, 11) is 0. The SMILES string of the molecule is CC(=O)Nc1ccc(-c2csc(NC(=O)[C@@]34CCCC[C@H]3CNC4)n2)cc1.Cl. The minimum absolute atomic E-state index is 0. The molecule has 2 fully saturated rings. The molecule has 0 unspecified atom stereocenters. The molecule has 1 saturated heterocycles. The lowest BCUT2D eigenvalue weighted by atomic mass is 9.68. The summed E-state index contributed by atoms with van der Waals surface area (Å²) in [6.45, 7) is 3.20. The lowest BCUT2D eigenvalue weighted by Gasteiger charge is -2.36. The van der Waals surface area contributed by atoms with Gasteiger partial charge in [-0.25, -0.2) is 4.98 Å². The molecule has 1 aromatic heterocycles. The number of nitrogens with zero attached hydrogens (tertiary/aromatic N) is 1. The quantitative estimate of drug-likeness (QED) is 0.700. The summed E-state index contributed by atoms with van der Waals surface area (Å²) in [5, 5.41) is 11.8. The second kappa shape index (κ2) is 8.59. The van der Waals surface area contributed by atoms with E-state index in [9.17, 15) is 9.59 Å². The molecule has 1 aliphatic heterocycles. The highest BCUT2D eigenvalue weighted by Crippen LogP contribution is 2.44. The number of rotatable bonds is 4. The van der Waals surface area contributed by atoms with Crippen LogP contribution in [0.15, 0.2) is 29.6 Å². The normalized spacial score (nSPS) is 23.4. The largest absolute Gasteiger partial charge is 0.326 e. The highest BCUT2D eigenvalue weighted by molar-refractivity contribution is 7.14. The van der Waals surface area contributed by atoms with Crippen LogP contribution in [0.4, 0.5) is 10.8 Å². The van der Waals surface area contributed by atoms with Crippen LogP contribution in [0.5, 0.6) is 0 Å². The summed E-state index contributed by atoms with van der Waals surface area (Å²) in [5.41, 5.74) is 2.26. The van der Waals surface area contributed by atoms with Crippen LogP contribution in [0.2, 0.25) is 0 Å². The van der Waals surface area contributed by atoms with Gasteiger partial charge in [0.2, 0.25) is 11.8 Å². The Balaban J connectivity index is 0.00000225. The van der Waals surface area contributed by atoms with Gasteiger partial charge in [-0.1, -0.05) is 25.0 Å². The van der Waals surface area contributed by atoms with Crippen LogP contribution in [0, 0.1) is 11.3 Å². The van der Waals surface area contributed by atoms with Gasteiger partial charge in [-0.05, 0) is 37.4 Å². The molecule has 6 nitrogen and oxygen atoms in total. The van der Waals surface area contributed by atoms with Crippen molar-refractivity contribution in [2.75, 3.05) is 23.7 Å². The number of amides is 2. The summed E-state index contributed by atoms with van der Waals surface area (Å²) in [6.07, 6.45) is 4.43. The molecule has 0 radical (unpaired) electrons. The summed E-state index contributed by atoms with van der Waals surface area (Å²) in [6, 6.07) is 7.54. The Bertz CT molecular complexity index is 854. The Kier molecular flexibility index (Phi) is 6.37. The van der Waals surface area contributed by atoms with Crippen molar-refractivity contribution in [1.82, 2.24) is 10.3 Å². The van der Waals surface area contributed by atoms with E-state index in [0.717, 1.165) is 49.3 Å². The Morgan fingerprint density at radius 3 is 2.75 bits per heavy atom. The summed E-state index contributed by atoms with van der Waals surface area (Å²) < 4.78 is 0. The predicted molar refractivity (Wildman–Crippen MR) is 115 cm³/mol. The molecule has 2 atom stereocenters. The Hall–Kier alpha value is -1.96. The summed E-state index contributed by atoms with van der Waals surface area (Å²) in [4.78, 5) is 28.8. The van der Waals surface area contributed by atoms with Gasteiger partial charge >= 0.3 is 0 Å². The van der Waals surface area contributed by atoms with Crippen LogP contribution < -0.4 is 16.0 Å². The fourth-order valence-electron chi connectivity index (χ4n) is 4.30. The van der Waals surface area contributed by atoms with Crippen molar-refractivity contribution in [3.8, 4) is 11.3 Å². The van der Waals surface area contributed by atoms with E-state index < -0.39 is 0 Å². The van der Waals surface area contributed by atoms with E-state index in [1.165, 1.54) is 24.7 Å². The van der Waals surface area contributed by atoms with Gasteiger partial charge < -0.3 is 16.0 Å². The van der Waals surface area contributed by atoms with Crippen LogP contribution in [-0.4, -0.2) is 29.9 Å². The number of hydrogen-bond donors (Lipinski definition) is 3. The van der Waals surface area contributed by atoms with E-state index in [2.05, 4.69) is 20.9 Å². The van der Waals surface area contributed by atoms with Crippen LogP contribution in [0.3, 0.4) is 0 Å². The van der Waals surface area contributed by atoms with E-state index in [-0.39, 0.29) is 29.6 Å². The van der Waals surface area contributed by atoms with Gasteiger partial charge in [0.05, 0.1) is 11.1 Å². The summed E-state index contributed by atoms with van der Waals surface area (Å²) >= 11 is 1.45. The topological polar surface area (TPSA) is 83.1 Å². The van der Waals surface area contributed by atoms with Crippen molar-refractivity contribution in [2.45, 2.75) is 32.6 Å². The fourth-order valence-corrected chi connectivity index (χ4v) is 5.02. The fraction of sp³-hybridized carbons (Fsp3) is 0.450. The van der Waals surface area contributed by atoms with E-state index in [1.807, 2.05) is 29.6 Å². The standard InChI is InChI=1S/C20H24N4O2S.ClH/c1-13(25)22-16-7-5-14(6-8-16)17-11-27-19(23-17)24-18(26)20-9-3-2-4-15(20)10-21-12-20;/h5-8,11,15,21H,2-4,9-10,12H2,1H3,(H,22,25)(H,23,24,26);1H/t15-,20+;/m0./s1. The molecule has 1 saturated carbocycles. The van der Waals surface area contributed by atoms with Crippen molar-refractivity contribution in [2.24, 2.45) is 11.3 Å². The Labute approximate surface area is 174 Å². The number of fused-ring (bicyclic) bond motifs is 1. The van der Waals surface area contributed by atoms with E-state index in [4.69, 9.17) is 0 Å². The number of hydrogen-bond acceptors (Lipinski definition) is 5. The highest BCUT2D eigenvalue weighted by atomic mass is 35.5. The lowest BCUT2D eigenvalue weighted by molar-refractivity contribution is -0.128. The smallest absolute Gasteiger partial charge is 0.233 e. The number of halogens is 1. The molecule has 4 rings (SSSR count). The number of carbonyl (C=O) groups excluding carboxylic acids is 2. The average molecular weight is 421 g/mol. The van der Waals surface area contributed by atoms with Crippen molar-refractivity contribution in [3.05, 3.63) is 29.6 Å². The molecule has 2 aliphatic rings. The third kappa shape index (κ3) is 4.06. The first kappa shape index (κ1) is 20.8. The van der Waals surface area contributed by atoms with Gasteiger partial charge in [0.15, 0.2) is 5.13 Å². The Morgan fingerprint density at radius 1 is 1.21 bits per heavy atom. The van der Waals surface area contributed by atoms with E-state index in [0.29, 0.717) is 11.0 Å². The lowest BCUT2D eigenvalue weighted by Crippen LogP contribution is -2.44. The van der Waals surface area contributed by atoms with Crippen molar-refractivity contribution >= 4 is 46.4 Å². The number of benzene rings is 1. The maximum absolute atomic E-state index is 13.0. The first-order chi connectivity index (χ1) is 13.1. The zero-order valence-corrected chi connectivity index (χ0v) is 17.4. The number of aromatic nitrogens is 1. The van der Waals surface area contributed by atoms with Gasteiger partial charge in [-0.2, -0.15) is 0 Å². The molecule has 1 aromatic carbocycles. The van der Waals surface area contributed by atoms with Crippen molar-refractivity contribution < 1.29 is 9.59 Å². The second-order valence-corrected chi connectivity index (χ2v) is 8.34.